The van der Waals surface area contributed by atoms with Gasteiger partial charge in [-0.2, -0.15) is 0 Å². The van der Waals surface area contributed by atoms with Crippen molar-refractivity contribution >= 4 is 0 Å². The number of hydrogen-bond acceptors (Lipinski definition) is 1. The van der Waals surface area contributed by atoms with Gasteiger partial charge in [-0.05, 0) is 12.5 Å². The number of nitrogens with two attached hydrogens (primary N) is 1. The molecule has 0 aromatic heterocycles. The van der Waals surface area contributed by atoms with Gasteiger partial charge in [-0.25, -0.2) is 0 Å². The lowest BCUT2D eigenvalue weighted by Gasteiger charge is -1.94. The van der Waals surface area contributed by atoms with E-state index in [1.807, 2.05) is 24.3 Å². The van der Waals surface area contributed by atoms with Crippen molar-refractivity contribution in [1.82, 2.24) is 0 Å². The van der Waals surface area contributed by atoms with E-state index >= 15 is 0 Å². The SMILES string of the molecule is Cc1ccc([CH]N)cc1. The van der Waals surface area contributed by atoms with Crippen LogP contribution in [0, 0.1) is 13.5 Å². The predicted octanol–water partition coefficient (Wildman–Crippen LogP) is 1.46. The molecular formula is C8H10N. The quantitative estimate of drug-likeness (QED) is 0.596. The van der Waals surface area contributed by atoms with Crippen molar-refractivity contribution < 1.29 is 0 Å². The molecule has 0 aliphatic carbocycles. The van der Waals surface area contributed by atoms with Crippen LogP contribution in [0.4, 0.5) is 0 Å². The molecule has 0 aliphatic heterocycles. The van der Waals surface area contributed by atoms with E-state index in [1.165, 1.54) is 5.56 Å². The van der Waals surface area contributed by atoms with Crippen LogP contribution in [0.5, 0.6) is 0 Å². The van der Waals surface area contributed by atoms with Crippen LogP contribution >= 0.6 is 0 Å². The van der Waals surface area contributed by atoms with E-state index in [-0.39, 0.29) is 0 Å². The van der Waals surface area contributed by atoms with E-state index in [0.29, 0.717) is 0 Å². The Kier molecular flexibility index (Phi) is 1.85. The molecule has 1 nitrogen and oxygen atoms in total. The maximum atomic E-state index is 5.27. The first-order valence-corrected chi connectivity index (χ1v) is 2.94. The van der Waals surface area contributed by atoms with Crippen molar-refractivity contribution in [3.05, 3.63) is 41.9 Å². The van der Waals surface area contributed by atoms with Gasteiger partial charge in [0.15, 0.2) is 0 Å². The zero-order chi connectivity index (χ0) is 6.69. The average molecular weight is 120 g/mol. The molecule has 47 valence electrons. The summed E-state index contributed by atoms with van der Waals surface area (Å²) in [5, 5.41) is 0. The van der Waals surface area contributed by atoms with Gasteiger partial charge >= 0.3 is 0 Å². The van der Waals surface area contributed by atoms with Crippen LogP contribution < -0.4 is 5.73 Å². The normalized spacial score (nSPS) is 9.56. The molecule has 0 heterocycles. The molecule has 0 saturated heterocycles. The third kappa shape index (κ3) is 1.54. The Morgan fingerprint density at radius 1 is 1.22 bits per heavy atom. The summed E-state index contributed by atoms with van der Waals surface area (Å²) in [7, 11) is 0. The summed E-state index contributed by atoms with van der Waals surface area (Å²) in [6.45, 7) is 3.65. The second-order valence-corrected chi connectivity index (χ2v) is 2.08. The van der Waals surface area contributed by atoms with Gasteiger partial charge in [0.2, 0.25) is 0 Å². The molecule has 1 aromatic carbocycles. The smallest absolute Gasteiger partial charge is 0.0491 e. The fourth-order valence-corrected chi connectivity index (χ4v) is 0.678. The van der Waals surface area contributed by atoms with Gasteiger partial charge in [-0.15, -0.1) is 0 Å². The van der Waals surface area contributed by atoms with Crippen molar-refractivity contribution in [2.75, 3.05) is 0 Å². The Morgan fingerprint density at radius 3 is 2.22 bits per heavy atom. The molecule has 0 fully saturated rings. The Morgan fingerprint density at radius 2 is 1.78 bits per heavy atom. The third-order valence-corrected chi connectivity index (χ3v) is 1.27. The molecule has 2 N–H and O–H groups in total. The van der Waals surface area contributed by atoms with Crippen molar-refractivity contribution in [3.63, 3.8) is 0 Å². The molecule has 0 aliphatic rings. The van der Waals surface area contributed by atoms with Crippen LogP contribution in [-0.2, 0) is 0 Å². The van der Waals surface area contributed by atoms with E-state index < -0.39 is 0 Å². The maximum Gasteiger partial charge on any atom is 0.0491 e. The Labute approximate surface area is 55.5 Å². The van der Waals surface area contributed by atoms with Crippen LogP contribution in [0.25, 0.3) is 0 Å². The van der Waals surface area contributed by atoms with Crippen molar-refractivity contribution in [3.8, 4) is 0 Å². The molecular weight excluding hydrogens is 110 g/mol. The minimum atomic E-state index is 1.07. The van der Waals surface area contributed by atoms with E-state index in [4.69, 9.17) is 5.73 Å². The fourth-order valence-electron chi connectivity index (χ4n) is 0.678. The van der Waals surface area contributed by atoms with E-state index in [9.17, 15) is 0 Å². The minimum absolute atomic E-state index is 1.07. The predicted molar refractivity (Wildman–Crippen MR) is 38.8 cm³/mol. The lowest BCUT2D eigenvalue weighted by atomic mass is 10.2. The second kappa shape index (κ2) is 2.65. The molecule has 0 amide bonds. The highest BCUT2D eigenvalue weighted by Crippen LogP contribution is 2.01. The van der Waals surface area contributed by atoms with Gasteiger partial charge in [-0.1, -0.05) is 29.8 Å². The van der Waals surface area contributed by atoms with Crippen molar-refractivity contribution in [2.24, 2.45) is 5.73 Å². The minimum Gasteiger partial charge on any atom is -0.322 e. The number of hydrogen-bond donors (Lipinski definition) is 1. The van der Waals surface area contributed by atoms with Crippen LogP contribution in [0.3, 0.4) is 0 Å². The van der Waals surface area contributed by atoms with Crippen molar-refractivity contribution in [2.45, 2.75) is 6.92 Å². The summed E-state index contributed by atoms with van der Waals surface area (Å²) in [6.07, 6.45) is 0. The number of rotatable bonds is 1. The molecule has 9 heavy (non-hydrogen) atoms. The molecule has 1 radical (unpaired) electrons. The first-order valence-electron chi connectivity index (χ1n) is 2.94. The lowest BCUT2D eigenvalue weighted by molar-refractivity contribution is 1.33. The van der Waals surface area contributed by atoms with Gasteiger partial charge in [0.25, 0.3) is 0 Å². The average Bonchev–Trinajstić information content (AvgIpc) is 1.90. The topological polar surface area (TPSA) is 26.0 Å². The highest BCUT2D eigenvalue weighted by molar-refractivity contribution is 5.25. The maximum absolute atomic E-state index is 5.27. The zero-order valence-corrected chi connectivity index (χ0v) is 5.46. The van der Waals surface area contributed by atoms with Crippen LogP contribution in [-0.4, -0.2) is 0 Å². The van der Waals surface area contributed by atoms with Gasteiger partial charge in [-0.3, -0.25) is 0 Å². The third-order valence-electron chi connectivity index (χ3n) is 1.27. The van der Waals surface area contributed by atoms with Gasteiger partial charge in [0, 0.05) is 6.54 Å². The summed E-state index contributed by atoms with van der Waals surface area (Å²) in [5.74, 6) is 0. The summed E-state index contributed by atoms with van der Waals surface area (Å²) >= 11 is 0. The Hall–Kier alpha value is -0.820. The van der Waals surface area contributed by atoms with Crippen LogP contribution in [0.15, 0.2) is 24.3 Å². The molecule has 0 atom stereocenters. The molecule has 1 rings (SSSR count). The molecule has 0 unspecified atom stereocenters. The Bertz CT molecular complexity index is 176. The summed E-state index contributed by atoms with van der Waals surface area (Å²) in [4.78, 5) is 0. The monoisotopic (exact) mass is 120 g/mol. The number of benzene rings is 1. The molecule has 0 spiro atoms. The van der Waals surface area contributed by atoms with Crippen LogP contribution in [0.2, 0.25) is 0 Å². The Balaban J connectivity index is 2.88. The van der Waals surface area contributed by atoms with E-state index in [2.05, 4.69) is 6.92 Å². The van der Waals surface area contributed by atoms with Gasteiger partial charge in [0.1, 0.15) is 0 Å². The highest BCUT2D eigenvalue weighted by atomic mass is 14.5. The van der Waals surface area contributed by atoms with Gasteiger partial charge in [0.05, 0.1) is 0 Å². The molecule has 1 heteroatoms. The fraction of sp³-hybridized carbons (Fsp3) is 0.125. The standard InChI is InChI=1S/C8H10N/c1-7-2-4-8(6-9)5-3-7/h2-6H,9H2,1H3. The van der Waals surface area contributed by atoms with Crippen molar-refractivity contribution in [1.29, 1.82) is 0 Å². The second-order valence-electron chi connectivity index (χ2n) is 2.08. The highest BCUT2D eigenvalue weighted by Gasteiger charge is 1.85. The lowest BCUT2D eigenvalue weighted by Crippen LogP contribution is -1.91. The largest absolute Gasteiger partial charge is 0.322 e. The summed E-state index contributed by atoms with van der Waals surface area (Å²) in [6, 6.07) is 8.07. The molecule has 0 saturated carbocycles. The summed E-state index contributed by atoms with van der Waals surface area (Å²) in [5.41, 5.74) is 7.61. The number of aryl methyl sites for hydroxylation is 1. The molecule has 0 bridgehead atoms. The first-order chi connectivity index (χ1) is 4.33. The molecule has 1 aromatic rings. The van der Waals surface area contributed by atoms with Crippen LogP contribution in [0.1, 0.15) is 11.1 Å². The first kappa shape index (κ1) is 6.30. The van der Waals surface area contributed by atoms with E-state index in [0.717, 1.165) is 5.56 Å². The van der Waals surface area contributed by atoms with E-state index in [1.54, 1.807) is 6.54 Å². The van der Waals surface area contributed by atoms with Gasteiger partial charge < -0.3 is 5.73 Å². The summed E-state index contributed by atoms with van der Waals surface area (Å²) < 4.78 is 0. The zero-order valence-electron chi connectivity index (χ0n) is 5.46.